The van der Waals surface area contributed by atoms with Crippen molar-refractivity contribution in [3.63, 3.8) is 0 Å². The molecule has 1 unspecified atom stereocenters. The molecule has 5 heteroatoms. The molecule has 2 aromatic rings. The highest BCUT2D eigenvalue weighted by molar-refractivity contribution is 7.16. The Bertz CT molecular complexity index is 509. The fraction of sp³-hybridized carbons (Fsp3) is 0.385. The Hall–Kier alpha value is -0.810. The average molecular weight is 285 g/mol. The van der Waals surface area contributed by atoms with Crippen LogP contribution in [0.25, 0.3) is 0 Å². The fourth-order valence-electron chi connectivity index (χ4n) is 1.95. The van der Waals surface area contributed by atoms with E-state index in [0.29, 0.717) is 6.54 Å². The summed E-state index contributed by atoms with van der Waals surface area (Å²) in [6, 6.07) is 8.10. The first kappa shape index (κ1) is 13.6. The minimum Gasteiger partial charge on any atom is -0.465 e. The van der Waals surface area contributed by atoms with E-state index in [4.69, 9.17) is 21.8 Å². The van der Waals surface area contributed by atoms with Crippen molar-refractivity contribution in [1.29, 1.82) is 0 Å². The number of halogens is 1. The largest absolute Gasteiger partial charge is 0.465 e. The number of hydrogen-bond acceptors (Lipinski definition) is 4. The molecule has 0 bridgehead atoms. The van der Waals surface area contributed by atoms with Crippen LogP contribution < -0.4 is 5.73 Å². The number of nitrogens with two attached hydrogens (primary N) is 1. The van der Waals surface area contributed by atoms with Crippen molar-refractivity contribution in [3.8, 4) is 0 Å². The summed E-state index contributed by atoms with van der Waals surface area (Å²) in [5, 5.41) is 0. The van der Waals surface area contributed by atoms with Crippen LogP contribution in [0.4, 0.5) is 0 Å². The molecular weight excluding hydrogens is 268 g/mol. The Labute approximate surface area is 116 Å². The summed E-state index contributed by atoms with van der Waals surface area (Å²) in [6.45, 7) is 3.25. The molecule has 0 saturated heterocycles. The van der Waals surface area contributed by atoms with Gasteiger partial charge in [0.15, 0.2) is 0 Å². The summed E-state index contributed by atoms with van der Waals surface area (Å²) in [7, 11) is 2.04. The summed E-state index contributed by atoms with van der Waals surface area (Å²) in [6.07, 6.45) is 0. The first-order valence-electron chi connectivity index (χ1n) is 5.81. The van der Waals surface area contributed by atoms with Gasteiger partial charge in [0.05, 0.1) is 16.9 Å². The van der Waals surface area contributed by atoms with E-state index in [1.54, 1.807) is 11.3 Å². The zero-order chi connectivity index (χ0) is 13.1. The van der Waals surface area contributed by atoms with Crippen LogP contribution >= 0.6 is 22.9 Å². The summed E-state index contributed by atoms with van der Waals surface area (Å²) < 4.78 is 6.38. The maximum atomic E-state index is 5.97. The van der Waals surface area contributed by atoms with Gasteiger partial charge in [0.1, 0.15) is 11.5 Å². The first-order chi connectivity index (χ1) is 8.60. The third-order valence-corrected chi connectivity index (χ3v) is 4.21. The Morgan fingerprint density at radius 3 is 2.67 bits per heavy atom. The molecule has 1 atom stereocenters. The number of hydrogen-bond donors (Lipinski definition) is 1. The average Bonchev–Trinajstić information content (AvgIpc) is 2.89. The molecule has 3 nitrogen and oxygen atoms in total. The number of thiophene rings is 1. The maximum absolute atomic E-state index is 5.97. The van der Waals surface area contributed by atoms with Gasteiger partial charge in [0.25, 0.3) is 0 Å². The molecule has 0 spiro atoms. The highest BCUT2D eigenvalue weighted by atomic mass is 35.5. The number of likely N-dealkylation sites (N-methyl/N-ethyl adjacent to an activating group) is 1. The molecule has 2 heterocycles. The quantitative estimate of drug-likeness (QED) is 0.915. The van der Waals surface area contributed by atoms with Gasteiger partial charge >= 0.3 is 0 Å². The second-order valence-corrected chi connectivity index (χ2v) is 6.07. The van der Waals surface area contributed by atoms with Gasteiger partial charge in [0, 0.05) is 11.4 Å². The Kier molecular flexibility index (Phi) is 4.45. The van der Waals surface area contributed by atoms with E-state index in [-0.39, 0.29) is 6.04 Å². The van der Waals surface area contributed by atoms with Crippen LogP contribution in [-0.4, -0.2) is 18.5 Å². The first-order valence-corrected chi connectivity index (χ1v) is 7.00. The fourth-order valence-corrected chi connectivity index (χ4v) is 3.19. The van der Waals surface area contributed by atoms with Gasteiger partial charge < -0.3 is 10.2 Å². The van der Waals surface area contributed by atoms with Gasteiger partial charge in [-0.2, -0.15) is 0 Å². The molecule has 0 aliphatic rings. The predicted molar refractivity (Wildman–Crippen MR) is 76.0 cm³/mol. The van der Waals surface area contributed by atoms with Crippen molar-refractivity contribution in [1.82, 2.24) is 4.90 Å². The normalized spacial score (nSPS) is 13.2. The van der Waals surface area contributed by atoms with Gasteiger partial charge in [-0.05, 0) is 38.2 Å². The van der Waals surface area contributed by atoms with Crippen molar-refractivity contribution in [2.75, 3.05) is 13.6 Å². The lowest BCUT2D eigenvalue weighted by atomic mass is 10.2. The van der Waals surface area contributed by atoms with Crippen molar-refractivity contribution < 1.29 is 4.42 Å². The molecule has 0 fully saturated rings. The lowest BCUT2D eigenvalue weighted by Crippen LogP contribution is -2.29. The molecule has 0 saturated carbocycles. The van der Waals surface area contributed by atoms with Crippen molar-refractivity contribution in [2.24, 2.45) is 5.73 Å². The molecular formula is C13H17ClN2OS. The highest BCUT2D eigenvalue weighted by Gasteiger charge is 2.18. The number of rotatable bonds is 5. The summed E-state index contributed by atoms with van der Waals surface area (Å²) >= 11 is 7.55. The number of aryl methyl sites for hydroxylation is 1. The second-order valence-electron chi connectivity index (χ2n) is 4.32. The van der Waals surface area contributed by atoms with E-state index in [1.807, 2.05) is 38.2 Å². The zero-order valence-electron chi connectivity index (χ0n) is 10.5. The molecule has 0 aliphatic heterocycles. The molecule has 98 valence electrons. The van der Waals surface area contributed by atoms with Crippen LogP contribution in [-0.2, 0) is 6.54 Å². The third kappa shape index (κ3) is 3.14. The van der Waals surface area contributed by atoms with Crippen LogP contribution in [0.2, 0.25) is 4.34 Å². The minimum atomic E-state index is 0.174. The summed E-state index contributed by atoms with van der Waals surface area (Å²) in [5.74, 6) is 1.89. The standard InChI is InChI=1S/C13H17ClN2OS/c1-9-3-4-10(17-9)8-16(2)11(7-15)12-5-6-13(14)18-12/h3-6,11H,7-8,15H2,1-2H3. The molecule has 0 aromatic carbocycles. The van der Waals surface area contributed by atoms with Gasteiger partial charge in [0.2, 0.25) is 0 Å². The van der Waals surface area contributed by atoms with Crippen LogP contribution in [0.1, 0.15) is 22.4 Å². The molecule has 18 heavy (non-hydrogen) atoms. The minimum absolute atomic E-state index is 0.174. The molecule has 2 N–H and O–H groups in total. The lowest BCUT2D eigenvalue weighted by Gasteiger charge is -2.25. The van der Waals surface area contributed by atoms with E-state index in [1.165, 1.54) is 4.88 Å². The van der Waals surface area contributed by atoms with Crippen LogP contribution in [0.5, 0.6) is 0 Å². The van der Waals surface area contributed by atoms with E-state index in [9.17, 15) is 0 Å². The number of nitrogens with zero attached hydrogens (tertiary/aromatic N) is 1. The van der Waals surface area contributed by atoms with Crippen molar-refractivity contribution in [3.05, 3.63) is 45.0 Å². The molecule has 0 aliphatic carbocycles. The smallest absolute Gasteiger partial charge is 0.118 e. The van der Waals surface area contributed by atoms with Crippen LogP contribution in [0, 0.1) is 6.92 Å². The SMILES string of the molecule is Cc1ccc(CN(C)C(CN)c2ccc(Cl)s2)o1. The summed E-state index contributed by atoms with van der Waals surface area (Å²) in [4.78, 5) is 3.37. The molecule has 0 amide bonds. The third-order valence-electron chi connectivity index (χ3n) is 2.88. The lowest BCUT2D eigenvalue weighted by molar-refractivity contribution is 0.224. The van der Waals surface area contributed by atoms with Gasteiger partial charge in [-0.1, -0.05) is 11.6 Å². The maximum Gasteiger partial charge on any atom is 0.118 e. The highest BCUT2D eigenvalue weighted by Crippen LogP contribution is 2.30. The summed E-state index contributed by atoms with van der Waals surface area (Å²) in [5.41, 5.74) is 5.87. The van der Waals surface area contributed by atoms with E-state index < -0.39 is 0 Å². The van der Waals surface area contributed by atoms with Crippen LogP contribution in [0.3, 0.4) is 0 Å². The van der Waals surface area contributed by atoms with Gasteiger partial charge in [-0.25, -0.2) is 0 Å². The van der Waals surface area contributed by atoms with Gasteiger partial charge in [-0.15, -0.1) is 11.3 Å². The van der Waals surface area contributed by atoms with Gasteiger partial charge in [-0.3, -0.25) is 4.90 Å². The van der Waals surface area contributed by atoms with E-state index in [0.717, 1.165) is 22.4 Å². The van der Waals surface area contributed by atoms with E-state index >= 15 is 0 Å². The Morgan fingerprint density at radius 2 is 2.17 bits per heavy atom. The van der Waals surface area contributed by atoms with Crippen molar-refractivity contribution in [2.45, 2.75) is 19.5 Å². The van der Waals surface area contributed by atoms with E-state index in [2.05, 4.69) is 4.90 Å². The topological polar surface area (TPSA) is 42.4 Å². The van der Waals surface area contributed by atoms with Crippen molar-refractivity contribution >= 4 is 22.9 Å². The second kappa shape index (κ2) is 5.89. The van der Waals surface area contributed by atoms with Crippen LogP contribution in [0.15, 0.2) is 28.7 Å². The number of furan rings is 1. The monoisotopic (exact) mass is 284 g/mol. The Balaban J connectivity index is 2.08. The molecule has 2 rings (SSSR count). The Morgan fingerprint density at radius 1 is 1.39 bits per heavy atom. The molecule has 2 aromatic heterocycles. The zero-order valence-corrected chi connectivity index (χ0v) is 12.1. The predicted octanol–water partition coefficient (Wildman–Crippen LogP) is 3.43. The molecule has 0 radical (unpaired) electrons.